The van der Waals surface area contributed by atoms with Gasteiger partial charge in [0.05, 0.1) is 0 Å². The Labute approximate surface area is 103 Å². The number of carboxylic acid groups (broad SMARTS) is 1. The first-order chi connectivity index (χ1) is 7.76. The fraction of sp³-hybridized carbons (Fsp3) is 0.833. The number of amides is 1. The summed E-state index contributed by atoms with van der Waals surface area (Å²) in [6, 6.07) is -0.858. The average Bonchev–Trinajstić information content (AvgIpc) is 2.26. The highest BCUT2D eigenvalue weighted by molar-refractivity contribution is 5.88. The highest BCUT2D eigenvalue weighted by Crippen LogP contribution is 2.15. The Balaban J connectivity index is 4.66. The normalized spacial score (nSPS) is 16.4. The predicted octanol–water partition coefficient (Wildman–Crippen LogP) is 1.42. The third kappa shape index (κ3) is 4.73. The summed E-state index contributed by atoms with van der Waals surface area (Å²) < 4.78 is 5.13. The van der Waals surface area contributed by atoms with Gasteiger partial charge >= 0.3 is 5.97 Å². The van der Waals surface area contributed by atoms with E-state index in [4.69, 9.17) is 9.84 Å². The highest BCUT2D eigenvalue weighted by Gasteiger charge is 2.34. The first-order valence-electron chi connectivity index (χ1n) is 5.85. The second-order valence-electron chi connectivity index (χ2n) is 4.78. The number of rotatable bonds is 7. The zero-order chi connectivity index (χ0) is 13.6. The summed E-state index contributed by atoms with van der Waals surface area (Å²) in [5.41, 5.74) is -0.968. The van der Waals surface area contributed by atoms with Gasteiger partial charge in [-0.2, -0.15) is 0 Å². The molecule has 0 aliphatic heterocycles. The molecule has 0 fully saturated rings. The van der Waals surface area contributed by atoms with Crippen LogP contribution in [-0.4, -0.2) is 35.7 Å². The van der Waals surface area contributed by atoms with Gasteiger partial charge in [-0.25, -0.2) is 4.79 Å². The van der Waals surface area contributed by atoms with E-state index in [-0.39, 0.29) is 11.8 Å². The van der Waals surface area contributed by atoms with Crippen LogP contribution in [0.4, 0.5) is 0 Å². The molecule has 0 radical (unpaired) electrons. The van der Waals surface area contributed by atoms with Gasteiger partial charge in [-0.05, 0) is 25.7 Å². The minimum Gasteiger partial charge on any atom is -0.480 e. The van der Waals surface area contributed by atoms with E-state index in [0.29, 0.717) is 12.8 Å². The Kier molecular flexibility index (Phi) is 6.16. The summed E-state index contributed by atoms with van der Waals surface area (Å²) in [5, 5.41) is 11.6. The number of aliphatic carboxylic acids is 1. The molecule has 2 N–H and O–H groups in total. The van der Waals surface area contributed by atoms with Gasteiger partial charge in [-0.3, -0.25) is 4.79 Å². The first kappa shape index (κ1) is 15.9. The molecule has 0 rings (SSSR count). The molecule has 17 heavy (non-hydrogen) atoms. The number of methoxy groups -OCH3 is 1. The lowest BCUT2D eigenvalue weighted by Crippen LogP contribution is -2.51. The molecule has 0 heterocycles. The van der Waals surface area contributed by atoms with Crippen LogP contribution in [-0.2, 0) is 14.3 Å². The molecule has 5 nitrogen and oxygen atoms in total. The van der Waals surface area contributed by atoms with Crippen LogP contribution in [0.5, 0.6) is 0 Å². The number of carbonyl (C=O) groups excluding carboxylic acids is 1. The summed E-state index contributed by atoms with van der Waals surface area (Å²) in [4.78, 5) is 22.9. The zero-order valence-corrected chi connectivity index (χ0v) is 11.2. The van der Waals surface area contributed by atoms with Gasteiger partial charge in [-0.1, -0.05) is 20.8 Å². The van der Waals surface area contributed by atoms with E-state index in [0.717, 1.165) is 0 Å². The third-order valence-corrected chi connectivity index (χ3v) is 2.92. The Morgan fingerprint density at radius 3 is 2.24 bits per heavy atom. The number of hydrogen-bond donors (Lipinski definition) is 2. The zero-order valence-electron chi connectivity index (χ0n) is 11.2. The molecule has 0 spiro atoms. The number of carbonyl (C=O) groups is 2. The van der Waals surface area contributed by atoms with E-state index < -0.39 is 17.6 Å². The van der Waals surface area contributed by atoms with Crippen molar-refractivity contribution in [2.45, 2.75) is 52.2 Å². The lowest BCUT2D eigenvalue weighted by atomic mass is 9.99. The van der Waals surface area contributed by atoms with Crippen LogP contribution >= 0.6 is 0 Å². The lowest BCUT2D eigenvalue weighted by molar-refractivity contribution is -0.149. The lowest BCUT2D eigenvalue weighted by Gasteiger charge is -2.27. The van der Waals surface area contributed by atoms with Crippen LogP contribution < -0.4 is 5.32 Å². The summed E-state index contributed by atoms with van der Waals surface area (Å²) in [5.74, 6) is -1.19. The number of ether oxygens (including phenoxy) is 1. The standard InChI is InChI=1S/C12H23NO4/c1-6-12(4,17-5)11(16)13-9(10(14)15)7-8(2)3/h8-9H,6-7H2,1-5H3,(H,13,16)(H,14,15)/t9-,12?/m0/s1. The van der Waals surface area contributed by atoms with Crippen molar-refractivity contribution < 1.29 is 19.4 Å². The van der Waals surface area contributed by atoms with Gasteiger partial charge in [0, 0.05) is 7.11 Å². The van der Waals surface area contributed by atoms with E-state index in [2.05, 4.69) is 5.32 Å². The van der Waals surface area contributed by atoms with Crippen molar-refractivity contribution in [2.24, 2.45) is 5.92 Å². The molecule has 0 saturated heterocycles. The fourth-order valence-corrected chi connectivity index (χ4v) is 1.40. The molecule has 1 amide bonds. The third-order valence-electron chi connectivity index (χ3n) is 2.92. The molecule has 1 unspecified atom stereocenters. The van der Waals surface area contributed by atoms with Crippen molar-refractivity contribution in [3.05, 3.63) is 0 Å². The summed E-state index contributed by atoms with van der Waals surface area (Å²) >= 11 is 0. The van der Waals surface area contributed by atoms with Crippen molar-refractivity contribution in [2.75, 3.05) is 7.11 Å². The summed E-state index contributed by atoms with van der Waals surface area (Å²) in [6.07, 6.45) is 0.897. The molecule has 0 aromatic heterocycles. The van der Waals surface area contributed by atoms with E-state index in [1.54, 1.807) is 6.92 Å². The number of hydrogen-bond acceptors (Lipinski definition) is 3. The van der Waals surface area contributed by atoms with E-state index in [1.807, 2.05) is 20.8 Å². The molecule has 2 atom stereocenters. The maximum atomic E-state index is 11.9. The van der Waals surface area contributed by atoms with Crippen molar-refractivity contribution in [3.63, 3.8) is 0 Å². The highest BCUT2D eigenvalue weighted by atomic mass is 16.5. The number of carboxylic acids is 1. The maximum absolute atomic E-state index is 11.9. The predicted molar refractivity (Wildman–Crippen MR) is 64.7 cm³/mol. The van der Waals surface area contributed by atoms with Crippen LogP contribution in [0, 0.1) is 5.92 Å². The Bertz CT molecular complexity index is 272. The van der Waals surface area contributed by atoms with E-state index in [9.17, 15) is 9.59 Å². The van der Waals surface area contributed by atoms with Crippen LogP contribution in [0.25, 0.3) is 0 Å². The number of nitrogens with one attached hydrogen (secondary N) is 1. The first-order valence-corrected chi connectivity index (χ1v) is 5.85. The average molecular weight is 245 g/mol. The molecule has 0 aromatic rings. The molecule has 0 aromatic carbocycles. The Hall–Kier alpha value is -1.10. The second kappa shape index (κ2) is 6.59. The fourth-order valence-electron chi connectivity index (χ4n) is 1.40. The van der Waals surface area contributed by atoms with Crippen molar-refractivity contribution in [1.82, 2.24) is 5.32 Å². The minimum absolute atomic E-state index is 0.201. The molecule has 100 valence electrons. The largest absolute Gasteiger partial charge is 0.480 e. The Morgan fingerprint density at radius 2 is 1.94 bits per heavy atom. The van der Waals surface area contributed by atoms with Gasteiger partial charge in [0.15, 0.2) is 0 Å². The van der Waals surface area contributed by atoms with Gasteiger partial charge < -0.3 is 15.2 Å². The smallest absolute Gasteiger partial charge is 0.326 e. The Morgan fingerprint density at radius 1 is 1.41 bits per heavy atom. The van der Waals surface area contributed by atoms with Gasteiger partial charge in [0.2, 0.25) is 0 Å². The quantitative estimate of drug-likeness (QED) is 0.711. The van der Waals surface area contributed by atoms with Gasteiger partial charge in [-0.15, -0.1) is 0 Å². The van der Waals surface area contributed by atoms with Gasteiger partial charge in [0.1, 0.15) is 11.6 Å². The monoisotopic (exact) mass is 245 g/mol. The molecular formula is C12H23NO4. The van der Waals surface area contributed by atoms with Gasteiger partial charge in [0.25, 0.3) is 5.91 Å². The molecule has 0 aliphatic carbocycles. The van der Waals surface area contributed by atoms with Crippen molar-refractivity contribution in [1.29, 1.82) is 0 Å². The molecule has 0 bridgehead atoms. The summed E-state index contributed by atoms with van der Waals surface area (Å²) in [7, 11) is 1.45. The van der Waals surface area contributed by atoms with E-state index in [1.165, 1.54) is 7.11 Å². The topological polar surface area (TPSA) is 75.6 Å². The van der Waals surface area contributed by atoms with Crippen molar-refractivity contribution >= 4 is 11.9 Å². The minimum atomic E-state index is -1.01. The molecular weight excluding hydrogens is 222 g/mol. The molecule has 5 heteroatoms. The van der Waals surface area contributed by atoms with Crippen molar-refractivity contribution in [3.8, 4) is 0 Å². The van der Waals surface area contributed by atoms with E-state index >= 15 is 0 Å². The van der Waals surface area contributed by atoms with Crippen LogP contribution in [0.3, 0.4) is 0 Å². The van der Waals surface area contributed by atoms with Crippen LogP contribution in [0.15, 0.2) is 0 Å². The second-order valence-corrected chi connectivity index (χ2v) is 4.78. The molecule has 0 saturated carbocycles. The SMILES string of the molecule is CCC(C)(OC)C(=O)N[C@@H](CC(C)C)C(=O)O. The maximum Gasteiger partial charge on any atom is 0.326 e. The van der Waals surface area contributed by atoms with Crippen LogP contribution in [0.1, 0.15) is 40.5 Å². The summed E-state index contributed by atoms with van der Waals surface area (Å²) in [6.45, 7) is 7.30. The molecule has 0 aliphatic rings. The van der Waals surface area contributed by atoms with Crippen LogP contribution in [0.2, 0.25) is 0 Å².